The molecule has 0 bridgehead atoms. The van der Waals surface area contributed by atoms with Crippen molar-refractivity contribution >= 4 is 17.9 Å². The zero-order valence-corrected chi connectivity index (χ0v) is 48.7. The second-order valence-electron chi connectivity index (χ2n) is 18.4. The van der Waals surface area contributed by atoms with Crippen LogP contribution in [-0.4, -0.2) is 150 Å². The molecular weight excluding hydrogens is 1140 g/mol. The van der Waals surface area contributed by atoms with E-state index in [1.807, 2.05) is 0 Å². The maximum Gasteiger partial charge on any atom is 0.323 e. The molecule has 0 amide bonds. The number of hydrogen-bond acceptors (Lipinski definition) is 18. The Hall–Kier alpha value is -5.37. The summed E-state index contributed by atoms with van der Waals surface area (Å²) in [6.07, 6.45) is -50.8. The minimum atomic E-state index is -4.93. The van der Waals surface area contributed by atoms with Crippen LogP contribution in [0.25, 0.3) is 0 Å². The number of fused-ring (bicyclic) bond motifs is 9. The molecule has 15 atom stereocenters. The second kappa shape index (κ2) is 32.5. The quantitative estimate of drug-likeness (QED) is 0.0666. The highest BCUT2D eigenvalue weighted by Gasteiger charge is 2.45. The maximum atomic E-state index is 14.0. The minimum Gasteiger partial charge on any atom is -0.493 e. The molecule has 0 saturated carbocycles. The van der Waals surface area contributed by atoms with E-state index in [0.29, 0.717) is 25.1 Å². The highest BCUT2D eigenvalue weighted by Crippen LogP contribution is 2.48. The standard InChI is InChI=1S/3C24H38N2O4/c3*1-14(2)9-17-13-26-8-7-16-10-21(28-5)22(29-6)11-18(16)19(26)12-20(17)30-24(27)23(25)15(3)4/h3*10-11,14-15,17,19-20,23H,7-9,12-13,25H2,1-6H3/t3*17?,19?,20?,23-/m000/s1/i1D3,3D3,4D3,5D3,7D2,8D2,9D2,12D2,13D2,14D,15D,17D,20D,23D;1D3,3D3,4D3,7D2,8D2,9D2,12D2,13D2,14D,15D,17D,20D,23D;1D3,3D3,4D3,7D2,8D2,9D2,12D2,13D2,14D,15D,17D,19D,23D/t3*14?,17?,19?,20?,23-. The third kappa shape index (κ3) is 17.5. The van der Waals surface area contributed by atoms with Crippen molar-refractivity contribution in [2.45, 2.75) is 194 Å². The predicted molar refractivity (Wildman–Crippen MR) is 353 cm³/mol. The molecule has 6 aliphatic rings. The van der Waals surface area contributed by atoms with E-state index in [-0.39, 0.29) is 36.0 Å². The van der Waals surface area contributed by atoms with Gasteiger partial charge in [-0.3, -0.25) is 29.1 Å². The van der Waals surface area contributed by atoms with E-state index in [4.69, 9.17) is 138 Å². The number of benzene rings is 3. The fourth-order valence-electron chi connectivity index (χ4n) is 8.17. The van der Waals surface area contributed by atoms with Gasteiger partial charge in [0, 0.05) is 184 Å². The number of carbonyl (C=O) groups is 3. The van der Waals surface area contributed by atoms with Crippen LogP contribution in [0.2, 0.25) is 0 Å². The lowest BCUT2D eigenvalue weighted by atomic mass is 9.79. The number of aryl methyl sites for hydroxylation is 3. The van der Waals surface area contributed by atoms with E-state index >= 15 is 0 Å². The number of methoxy groups -OCH3 is 6. The molecule has 3 aromatic rings. The lowest BCUT2D eigenvalue weighted by Gasteiger charge is -2.47. The molecule has 6 heterocycles. The van der Waals surface area contributed by atoms with Crippen LogP contribution < -0.4 is 45.6 Å². The number of piperidine rings is 3. The Morgan fingerprint density at radius 3 is 1.23 bits per heavy atom. The van der Waals surface area contributed by atoms with E-state index in [9.17, 15) is 39.1 Å². The summed E-state index contributed by atoms with van der Waals surface area (Å²) in [6, 6.07) is -18.9. The topological polar surface area (TPSA) is 222 Å². The molecule has 0 spiro atoms. The summed E-state index contributed by atoms with van der Waals surface area (Å²) in [5.74, 6) is -50.5. The third-order valence-corrected chi connectivity index (χ3v) is 12.3. The lowest BCUT2D eigenvalue weighted by Crippen LogP contribution is -2.51. The molecule has 3 aromatic carbocycles. The number of rotatable bonds is 21. The molecule has 6 aliphatic heterocycles. The summed E-state index contributed by atoms with van der Waals surface area (Å²) in [6.45, 7) is -61.9. The second-order valence-corrected chi connectivity index (χ2v) is 18.4. The lowest BCUT2D eigenvalue weighted by molar-refractivity contribution is -0.161. The molecule has 9 rings (SSSR count). The Morgan fingerprint density at radius 1 is 0.500 bits per heavy atom. The molecule has 0 aliphatic carbocycles. The van der Waals surface area contributed by atoms with Crippen molar-refractivity contribution in [3.8, 4) is 34.5 Å². The van der Waals surface area contributed by atoms with Crippen LogP contribution in [0.5, 0.6) is 34.5 Å². The Bertz CT molecular complexity index is 6220. The Morgan fingerprint density at radius 2 is 0.844 bits per heavy atom. The third-order valence-electron chi connectivity index (χ3n) is 12.3. The summed E-state index contributed by atoms with van der Waals surface area (Å²) < 4.78 is 681. The molecule has 3 saturated heterocycles. The van der Waals surface area contributed by atoms with Gasteiger partial charge in [-0.2, -0.15) is 0 Å². The first-order valence-corrected chi connectivity index (χ1v) is 25.5. The summed E-state index contributed by atoms with van der Waals surface area (Å²) in [5, 5.41) is 0. The van der Waals surface area contributed by atoms with Gasteiger partial charge in [-0.15, -0.1) is 0 Å². The number of nitrogens with two attached hydrogens (primary N) is 3. The minimum absolute atomic E-state index is 0.225. The van der Waals surface area contributed by atoms with Gasteiger partial charge < -0.3 is 59.8 Å². The number of nitrogens with zero attached hydrogens (tertiary/aromatic N) is 3. The first-order chi connectivity index (χ1) is 71.6. The molecule has 18 nitrogen and oxygen atoms in total. The van der Waals surface area contributed by atoms with Gasteiger partial charge in [0.05, 0.1) is 54.9 Å². The zero-order chi connectivity index (χ0) is 132. The summed E-state index contributed by atoms with van der Waals surface area (Å²) in [5.41, 5.74) is 11.2. The summed E-state index contributed by atoms with van der Waals surface area (Å²) in [7, 11) is 1.83. The fourth-order valence-corrected chi connectivity index (χ4v) is 8.17. The first-order valence-electron chi connectivity index (χ1n) is 63.0. The van der Waals surface area contributed by atoms with Crippen LogP contribution >= 0.6 is 0 Å². The van der Waals surface area contributed by atoms with Crippen molar-refractivity contribution in [3.63, 3.8) is 0 Å². The van der Waals surface area contributed by atoms with Gasteiger partial charge in [0.15, 0.2) is 34.5 Å². The van der Waals surface area contributed by atoms with Crippen LogP contribution in [0.3, 0.4) is 0 Å². The van der Waals surface area contributed by atoms with Crippen LogP contribution in [0, 0.1) is 53.0 Å². The van der Waals surface area contributed by atoms with E-state index in [0.717, 1.165) is 53.7 Å². The summed E-state index contributed by atoms with van der Waals surface area (Å²) >= 11 is 0. The van der Waals surface area contributed by atoms with Crippen molar-refractivity contribution in [1.29, 1.82) is 0 Å². The maximum absolute atomic E-state index is 14.0. The molecule has 3 fully saturated rings. The van der Waals surface area contributed by atoms with Crippen LogP contribution in [0.15, 0.2) is 36.4 Å². The molecule has 90 heavy (non-hydrogen) atoms. The molecule has 18 heteroatoms. The first kappa shape index (κ1) is 21.6. The number of ether oxygens (including phenoxy) is 9. The van der Waals surface area contributed by atoms with Crippen LogP contribution in [0.1, 0.15) is 275 Å². The van der Waals surface area contributed by atoms with E-state index in [2.05, 4.69) is 0 Å². The van der Waals surface area contributed by atoms with Crippen molar-refractivity contribution in [2.75, 3.05) is 81.6 Å². The van der Waals surface area contributed by atoms with Gasteiger partial charge in [0.25, 0.3) is 0 Å². The molecule has 504 valence electrons. The van der Waals surface area contributed by atoms with Crippen molar-refractivity contribution in [2.24, 2.45) is 70.2 Å². The zero-order valence-electron chi connectivity index (χ0n) is 124. The van der Waals surface area contributed by atoms with Crippen molar-refractivity contribution < 1.29 is 160 Å². The van der Waals surface area contributed by atoms with Crippen molar-refractivity contribution in [3.05, 3.63) is 69.8 Å². The van der Waals surface area contributed by atoms with Crippen molar-refractivity contribution in [1.82, 2.24) is 14.7 Å². The van der Waals surface area contributed by atoms with E-state index in [1.165, 1.54) is 0 Å². The molecule has 0 radical (unpaired) electrons. The molecule has 12 unspecified atom stereocenters. The number of carbonyl (C=O) groups excluding carboxylic acids is 3. The smallest absolute Gasteiger partial charge is 0.323 e. The highest BCUT2D eigenvalue weighted by atomic mass is 16.6. The van der Waals surface area contributed by atoms with Gasteiger partial charge >= 0.3 is 17.9 Å². The number of hydrogen-bond donors (Lipinski definition) is 3. The van der Waals surface area contributed by atoms with E-state index in [1.54, 1.807) is 0 Å². The Balaban J connectivity index is 0.000000332. The molecule has 0 aromatic heterocycles. The van der Waals surface area contributed by atoms with Gasteiger partial charge in [-0.25, -0.2) is 0 Å². The molecule has 6 N–H and O–H groups in total. The monoisotopic (exact) mass is 1330 g/mol. The Labute approximate surface area is 644 Å². The predicted octanol–water partition coefficient (Wildman–Crippen LogP) is 10.7. The SMILES string of the molecule is [2H]C([2H])([2H])C([2H])(C)C([2H])([2H])C1([2H])C(OC(=O)[C@@]([2H])(N)C([2H])(C([2H])([2H])[2H])C([2H])([2H])[2H])C([2H])([2H])C2([2H])c3cc(OC)c(OC)cc3C([2H])([2H])C([2H])([2H])N2C1([2H])[2H].[2H]C([2H])([2H])C([2H])(C)C([2H])([2H])C1([2H])C([2H])([2H])N2C(c3cc(OC)c(OC)cc3C([2H])([2H])C2([2H])[2H])C([2H])([2H])C1([2H])OC(=O)[C@@]([2H])(N)C([2H])(C([2H])([2H])[2H])C([2H])([2H])[2H].[2H]C([2H])([2H])Oc1cc2c(cc1OC)C1N(C([2H])([2H])C2([2H])[2H])C([2H])([2H])C([2H])(C([2H])([2H])C([2H])(C)C([2H])([2H])[2H])C([2H])(OC(=O)[C@@]([2H])(N)C([2H])(C([2H])([2H])[2H])C([2H])([2H])[2H])C1([2H])[2H]. The summed E-state index contributed by atoms with van der Waals surface area (Å²) in [4.78, 5) is 40.5. The van der Waals surface area contributed by atoms with E-state index < -0.39 is 351 Å². The van der Waals surface area contributed by atoms with Gasteiger partial charge in [0.2, 0.25) is 0 Å². The largest absolute Gasteiger partial charge is 0.493 e. The highest BCUT2D eigenvalue weighted by molar-refractivity contribution is 5.77. The van der Waals surface area contributed by atoms with Gasteiger partial charge in [0.1, 0.15) is 36.3 Å². The van der Waals surface area contributed by atoms with Crippen LogP contribution in [0.4, 0.5) is 0 Å². The average molecular weight is 1330 g/mol. The Kier molecular flexibility index (Phi) is 7.78. The van der Waals surface area contributed by atoms with Gasteiger partial charge in [-0.05, 0) is 143 Å². The fraction of sp³-hybridized carbons (Fsp3) is 0.708. The van der Waals surface area contributed by atoms with Crippen LogP contribution in [-0.2, 0) is 47.7 Å². The number of esters is 3. The molecular formula is C72H114N6O12. The average Bonchev–Trinajstić information content (AvgIpc) is 0.643. The normalized spacial score (nSPS) is 54.0. The van der Waals surface area contributed by atoms with Gasteiger partial charge in [-0.1, -0.05) is 82.4 Å².